The van der Waals surface area contributed by atoms with Crippen LogP contribution in [0.3, 0.4) is 0 Å². The van der Waals surface area contributed by atoms with Crippen molar-refractivity contribution in [1.82, 2.24) is 14.9 Å². The normalized spacial score (nSPS) is 26.6. The van der Waals surface area contributed by atoms with E-state index in [2.05, 4.69) is 35.4 Å². The zero-order valence-corrected chi connectivity index (χ0v) is 18.6. The van der Waals surface area contributed by atoms with Crippen LogP contribution in [0.2, 0.25) is 0 Å². The van der Waals surface area contributed by atoms with Crippen LogP contribution in [-0.2, 0) is 24.1 Å². The van der Waals surface area contributed by atoms with Crippen LogP contribution in [0.4, 0.5) is 5.82 Å². The predicted molar refractivity (Wildman–Crippen MR) is 119 cm³/mol. The molecule has 5 rings (SSSR count). The molecule has 3 aliphatic rings. The fourth-order valence-electron chi connectivity index (χ4n) is 4.65. The number of thiophene rings is 1. The summed E-state index contributed by atoms with van der Waals surface area (Å²) in [6.07, 6.45) is 5.03. The molecule has 2 aliphatic heterocycles. The molecule has 0 saturated carbocycles. The van der Waals surface area contributed by atoms with Crippen LogP contribution < -0.4 is 4.90 Å². The molecule has 0 aromatic carbocycles. The smallest absolute Gasteiger partial charge is 0.146 e. The number of fused-ring (bicyclic) bond motifs is 3. The highest BCUT2D eigenvalue weighted by molar-refractivity contribution is 8.00. The molecule has 2 atom stereocenters. The molecule has 2 unspecified atom stereocenters. The molecule has 0 bridgehead atoms. The summed E-state index contributed by atoms with van der Waals surface area (Å²) in [5, 5.41) is 2.01. The Morgan fingerprint density at radius 2 is 1.89 bits per heavy atom. The number of rotatable bonds is 3. The monoisotopic (exact) mass is 418 g/mol. The van der Waals surface area contributed by atoms with Crippen molar-refractivity contribution in [1.29, 1.82) is 0 Å². The van der Waals surface area contributed by atoms with Crippen LogP contribution in [0.1, 0.15) is 43.0 Å². The van der Waals surface area contributed by atoms with Gasteiger partial charge in [-0.05, 0) is 38.2 Å². The lowest BCUT2D eigenvalue weighted by atomic mass is 9.96. The van der Waals surface area contributed by atoms with Gasteiger partial charge in [-0.15, -0.1) is 11.3 Å². The summed E-state index contributed by atoms with van der Waals surface area (Å²) in [7, 11) is 0. The number of anilines is 1. The Morgan fingerprint density at radius 3 is 2.75 bits per heavy atom. The van der Waals surface area contributed by atoms with Gasteiger partial charge < -0.3 is 9.64 Å². The van der Waals surface area contributed by atoms with E-state index < -0.39 is 0 Å². The molecule has 152 valence electrons. The van der Waals surface area contributed by atoms with Gasteiger partial charge in [-0.2, -0.15) is 11.8 Å². The summed E-state index contributed by atoms with van der Waals surface area (Å²) in [6, 6.07) is 0.507. The number of thioether (sulfide) groups is 1. The average molecular weight is 419 g/mol. The molecular formula is C21H30N4OS2. The molecule has 2 aromatic heterocycles. The van der Waals surface area contributed by atoms with Crippen molar-refractivity contribution >= 4 is 39.1 Å². The molecule has 4 heterocycles. The third-order valence-corrected chi connectivity index (χ3v) is 8.99. The van der Waals surface area contributed by atoms with Crippen molar-refractivity contribution in [3.05, 3.63) is 16.3 Å². The standard InChI is InChI=1S/C21H30N4OS2/c1-14-15(2)27-12-9-25(14)20-19-16-5-3-4-6-17(16)28-21(19)23-18(22-20)13-24-7-10-26-11-8-24/h14-15H,3-13H2,1-2H3. The second-order valence-corrected chi connectivity index (χ2v) is 10.8. The van der Waals surface area contributed by atoms with Crippen molar-refractivity contribution in [2.24, 2.45) is 0 Å². The van der Waals surface area contributed by atoms with Gasteiger partial charge in [-0.25, -0.2) is 9.97 Å². The third-order valence-electron chi connectivity index (χ3n) is 6.47. The second kappa shape index (κ2) is 8.09. The first-order chi connectivity index (χ1) is 13.7. The number of nitrogens with zero attached hydrogens (tertiary/aromatic N) is 4. The lowest BCUT2D eigenvalue weighted by molar-refractivity contribution is 0.0331. The summed E-state index contributed by atoms with van der Waals surface area (Å²) < 4.78 is 5.52. The van der Waals surface area contributed by atoms with Crippen LogP contribution >= 0.6 is 23.1 Å². The van der Waals surface area contributed by atoms with Gasteiger partial charge in [0.15, 0.2) is 0 Å². The van der Waals surface area contributed by atoms with E-state index >= 15 is 0 Å². The maximum atomic E-state index is 5.52. The van der Waals surface area contributed by atoms with Gasteiger partial charge in [0.05, 0.1) is 25.1 Å². The zero-order valence-electron chi connectivity index (χ0n) is 16.9. The Hall–Kier alpha value is -0.890. The summed E-state index contributed by atoms with van der Waals surface area (Å²) >= 11 is 4.02. The number of morpholine rings is 1. The minimum atomic E-state index is 0.507. The van der Waals surface area contributed by atoms with E-state index in [4.69, 9.17) is 14.7 Å². The molecule has 28 heavy (non-hydrogen) atoms. The number of ether oxygens (including phenoxy) is 1. The first-order valence-corrected chi connectivity index (χ1v) is 12.6. The van der Waals surface area contributed by atoms with E-state index in [1.807, 2.05) is 11.3 Å². The summed E-state index contributed by atoms with van der Waals surface area (Å²) in [6.45, 7) is 10.2. The SMILES string of the molecule is CC1SCCN(c2nc(CN3CCOCC3)nc3sc4c(c23)CCCC4)C1C. The molecule has 2 aromatic rings. The van der Waals surface area contributed by atoms with Crippen molar-refractivity contribution in [2.75, 3.05) is 43.5 Å². The quantitative estimate of drug-likeness (QED) is 0.757. The van der Waals surface area contributed by atoms with Crippen molar-refractivity contribution in [3.8, 4) is 0 Å². The average Bonchev–Trinajstić information content (AvgIpc) is 3.09. The molecule has 7 heteroatoms. The van der Waals surface area contributed by atoms with Crippen LogP contribution in [0.25, 0.3) is 10.2 Å². The maximum Gasteiger partial charge on any atom is 0.146 e. The molecule has 0 spiro atoms. The third kappa shape index (κ3) is 3.55. The molecule has 2 fully saturated rings. The van der Waals surface area contributed by atoms with E-state index in [-0.39, 0.29) is 0 Å². The van der Waals surface area contributed by atoms with Crippen molar-refractivity contribution in [3.63, 3.8) is 0 Å². The van der Waals surface area contributed by atoms with Gasteiger partial charge in [0.2, 0.25) is 0 Å². The van der Waals surface area contributed by atoms with E-state index in [0.717, 1.165) is 45.2 Å². The molecular weight excluding hydrogens is 388 g/mol. The molecule has 1 aliphatic carbocycles. The van der Waals surface area contributed by atoms with Crippen LogP contribution in [0.15, 0.2) is 0 Å². The van der Waals surface area contributed by atoms with Gasteiger partial charge >= 0.3 is 0 Å². The Bertz CT molecular complexity index is 849. The molecule has 2 saturated heterocycles. The summed E-state index contributed by atoms with van der Waals surface area (Å²) in [5.41, 5.74) is 1.55. The van der Waals surface area contributed by atoms with Gasteiger partial charge in [0.1, 0.15) is 16.5 Å². The Morgan fingerprint density at radius 1 is 1.07 bits per heavy atom. The van der Waals surface area contributed by atoms with Gasteiger partial charge in [-0.3, -0.25) is 4.90 Å². The molecule has 0 radical (unpaired) electrons. The molecule has 0 amide bonds. The Labute approximate surface area is 175 Å². The van der Waals surface area contributed by atoms with E-state index in [9.17, 15) is 0 Å². The fraction of sp³-hybridized carbons (Fsp3) is 0.714. The van der Waals surface area contributed by atoms with Crippen LogP contribution in [0.5, 0.6) is 0 Å². The second-order valence-electron chi connectivity index (χ2n) is 8.25. The van der Waals surface area contributed by atoms with Crippen LogP contribution in [0, 0.1) is 0 Å². The molecule has 5 nitrogen and oxygen atoms in total. The van der Waals surface area contributed by atoms with Crippen molar-refractivity contribution in [2.45, 2.75) is 57.4 Å². The first-order valence-electron chi connectivity index (χ1n) is 10.7. The van der Waals surface area contributed by atoms with Gasteiger partial charge in [0, 0.05) is 41.6 Å². The predicted octanol–water partition coefficient (Wildman–Crippen LogP) is 3.73. The topological polar surface area (TPSA) is 41.5 Å². The van der Waals surface area contributed by atoms with E-state index in [1.165, 1.54) is 47.5 Å². The minimum absolute atomic E-state index is 0.507. The van der Waals surface area contributed by atoms with E-state index in [0.29, 0.717) is 11.3 Å². The van der Waals surface area contributed by atoms with E-state index in [1.54, 1.807) is 10.4 Å². The summed E-state index contributed by atoms with van der Waals surface area (Å²) in [4.78, 5) is 18.1. The Kier molecular flexibility index (Phi) is 5.52. The lowest BCUT2D eigenvalue weighted by Crippen LogP contribution is -2.45. The highest BCUT2D eigenvalue weighted by Gasteiger charge is 2.31. The zero-order chi connectivity index (χ0) is 19.1. The van der Waals surface area contributed by atoms with Crippen LogP contribution in [-0.4, -0.2) is 64.8 Å². The number of aryl methyl sites for hydroxylation is 2. The molecule has 0 N–H and O–H groups in total. The maximum absolute atomic E-state index is 5.52. The number of hydrogen-bond donors (Lipinski definition) is 0. The number of hydrogen-bond acceptors (Lipinski definition) is 7. The van der Waals surface area contributed by atoms with Gasteiger partial charge in [0.25, 0.3) is 0 Å². The fourth-order valence-corrected chi connectivity index (χ4v) is 7.03. The van der Waals surface area contributed by atoms with Crippen molar-refractivity contribution < 1.29 is 4.74 Å². The minimum Gasteiger partial charge on any atom is -0.379 e. The number of aromatic nitrogens is 2. The first kappa shape index (κ1) is 19.1. The van der Waals surface area contributed by atoms with Gasteiger partial charge in [-0.1, -0.05) is 6.92 Å². The Balaban J connectivity index is 1.58. The highest BCUT2D eigenvalue weighted by atomic mass is 32.2. The summed E-state index contributed by atoms with van der Waals surface area (Å²) in [5.74, 6) is 3.38. The largest absolute Gasteiger partial charge is 0.379 e. The lowest BCUT2D eigenvalue weighted by Gasteiger charge is -2.39. The highest BCUT2D eigenvalue weighted by Crippen LogP contribution is 2.41.